The van der Waals surface area contributed by atoms with Crippen LogP contribution in [-0.2, 0) is 16.2 Å². The van der Waals surface area contributed by atoms with Crippen LogP contribution in [0.2, 0.25) is 0 Å². The van der Waals surface area contributed by atoms with Crippen molar-refractivity contribution in [1.29, 1.82) is 0 Å². The highest BCUT2D eigenvalue weighted by molar-refractivity contribution is 7.99. The third-order valence-electron chi connectivity index (χ3n) is 11.1. The first-order valence-corrected chi connectivity index (χ1v) is 21.9. The molecule has 2 aliphatic heterocycles. The van der Waals surface area contributed by atoms with Crippen LogP contribution < -0.4 is 21.2 Å². The number of alkyl halides is 1. The molecule has 8 rings (SSSR count). The van der Waals surface area contributed by atoms with Gasteiger partial charge >= 0.3 is 0 Å². The molecule has 11 nitrogen and oxygen atoms in total. The number of rotatable bonds is 12. The molecule has 17 heteroatoms. The molecule has 57 heavy (non-hydrogen) atoms. The van der Waals surface area contributed by atoms with E-state index in [0.29, 0.717) is 59.1 Å². The average Bonchev–Trinajstić information content (AvgIpc) is 4.02. The molecule has 2 aromatic heterocycles. The zero-order chi connectivity index (χ0) is 40.1. The number of nitrogens with one attached hydrogen (secondary N) is 3. The number of hydrogen-bond donors (Lipinski definition) is 4. The molecule has 2 aliphatic carbocycles. The van der Waals surface area contributed by atoms with Crippen molar-refractivity contribution in [1.82, 2.24) is 24.8 Å². The summed E-state index contributed by atoms with van der Waals surface area (Å²) in [5.41, 5.74) is -0.643. The molecule has 4 fully saturated rings. The van der Waals surface area contributed by atoms with Crippen LogP contribution in [0, 0.1) is 29.3 Å². The summed E-state index contributed by atoms with van der Waals surface area (Å²) in [6, 6.07) is 4.16. The molecule has 0 unspecified atom stereocenters. The van der Waals surface area contributed by atoms with Crippen LogP contribution in [0.3, 0.4) is 0 Å². The molecule has 4 N–H and O–H groups in total. The first-order valence-electron chi connectivity index (χ1n) is 19.8. The van der Waals surface area contributed by atoms with Crippen LogP contribution in [0.25, 0.3) is 21.8 Å². The van der Waals surface area contributed by atoms with E-state index in [0.717, 1.165) is 71.1 Å². The van der Waals surface area contributed by atoms with Crippen LogP contribution in [-0.4, -0.2) is 99.2 Å². The van der Waals surface area contributed by atoms with Gasteiger partial charge in [0.2, 0.25) is 0 Å². The Bertz CT molecular complexity index is 2130. The zero-order valence-corrected chi connectivity index (χ0v) is 33.6. The Labute approximate surface area is 336 Å². The van der Waals surface area contributed by atoms with Gasteiger partial charge in [0.05, 0.1) is 40.9 Å². The number of aliphatic hydroxyl groups excluding tert-OH is 1. The van der Waals surface area contributed by atoms with E-state index in [-0.39, 0.29) is 51.9 Å². The lowest BCUT2D eigenvalue weighted by Crippen LogP contribution is -2.41. The van der Waals surface area contributed by atoms with E-state index in [9.17, 15) is 32.3 Å². The van der Waals surface area contributed by atoms with Crippen molar-refractivity contribution in [3.8, 4) is 5.75 Å². The van der Waals surface area contributed by atoms with Gasteiger partial charge in [-0.2, -0.15) is 23.5 Å². The minimum atomic E-state index is -1.14. The second kappa shape index (κ2) is 19.1. The number of likely N-dealkylation sites (tertiary alicyclic amines) is 1. The lowest BCUT2D eigenvalue weighted by atomic mass is 9.96. The van der Waals surface area contributed by atoms with Crippen molar-refractivity contribution in [2.24, 2.45) is 11.8 Å². The summed E-state index contributed by atoms with van der Waals surface area (Å²) in [7, 11) is 1.89. The third kappa shape index (κ3) is 11.0. The number of aliphatic hydroxyl groups is 1. The molecule has 0 radical (unpaired) electrons. The Morgan fingerprint density at radius 1 is 0.860 bits per heavy atom. The molecule has 4 heterocycles. The Hall–Kier alpha value is -3.38. The van der Waals surface area contributed by atoms with Gasteiger partial charge < -0.3 is 34.8 Å². The van der Waals surface area contributed by atoms with Gasteiger partial charge in [-0.15, -0.1) is 0 Å². The van der Waals surface area contributed by atoms with Crippen molar-refractivity contribution in [2.75, 3.05) is 51.8 Å². The second-order valence-electron chi connectivity index (χ2n) is 15.6. The van der Waals surface area contributed by atoms with Crippen LogP contribution in [0.5, 0.6) is 5.75 Å². The summed E-state index contributed by atoms with van der Waals surface area (Å²) in [5, 5.41) is 13.0. The first kappa shape index (κ1) is 41.8. The van der Waals surface area contributed by atoms with E-state index < -0.39 is 34.7 Å². The topological polar surface area (TPSA) is 145 Å². The van der Waals surface area contributed by atoms with E-state index in [1.165, 1.54) is 12.1 Å². The fraction of sp³-hybridized carbons (Fsp3) is 0.600. The SMILES string of the molecule is CN1CC[C@H](COc2cc(F)c3c(=O)[nH]c(CSC4CCC(O)CC4)nc3c2)[C@@H](F)C1.O=c1[nH]c(CSC2CCOCC2)nc2cc(NCC3CC3)c(F)c(F)c12. The molecule has 0 bridgehead atoms. The molecular weight excluding hydrogens is 785 g/mol. The van der Waals surface area contributed by atoms with Crippen molar-refractivity contribution in [3.05, 3.63) is 68.0 Å². The number of aromatic amines is 2. The fourth-order valence-corrected chi connectivity index (χ4v) is 9.59. The summed E-state index contributed by atoms with van der Waals surface area (Å²) in [5.74, 6) is -0.293. The van der Waals surface area contributed by atoms with Crippen molar-refractivity contribution < 1.29 is 32.1 Å². The van der Waals surface area contributed by atoms with Crippen molar-refractivity contribution in [3.63, 3.8) is 0 Å². The van der Waals surface area contributed by atoms with Gasteiger partial charge in [0.25, 0.3) is 11.1 Å². The summed E-state index contributed by atoms with van der Waals surface area (Å²) < 4.78 is 68.5. The van der Waals surface area contributed by atoms with Gasteiger partial charge in [0.15, 0.2) is 11.6 Å². The number of fused-ring (bicyclic) bond motifs is 2. The largest absolute Gasteiger partial charge is 0.493 e. The molecule has 2 saturated heterocycles. The second-order valence-corrected chi connectivity index (χ2v) is 18.2. The summed E-state index contributed by atoms with van der Waals surface area (Å²) in [4.78, 5) is 40.7. The Morgan fingerprint density at radius 2 is 1.49 bits per heavy atom. The number of aromatic nitrogens is 4. The third-order valence-corrected chi connectivity index (χ3v) is 13.8. The van der Waals surface area contributed by atoms with Crippen LogP contribution in [0.15, 0.2) is 27.8 Å². The minimum absolute atomic E-state index is 0.0723. The maximum absolute atomic E-state index is 14.6. The predicted octanol–water partition coefficient (Wildman–Crippen LogP) is 6.70. The van der Waals surface area contributed by atoms with E-state index in [4.69, 9.17) is 9.47 Å². The Kier molecular flexibility index (Phi) is 14.0. The molecule has 310 valence electrons. The van der Waals surface area contributed by atoms with Crippen molar-refractivity contribution in [2.45, 2.75) is 92.1 Å². The molecular formula is C40H50F4N6O5S2. The van der Waals surface area contributed by atoms with E-state index in [2.05, 4.69) is 25.3 Å². The highest BCUT2D eigenvalue weighted by Crippen LogP contribution is 2.33. The molecule has 2 aromatic carbocycles. The number of anilines is 1. The number of H-pyrrole nitrogens is 2. The Morgan fingerprint density at radius 3 is 2.14 bits per heavy atom. The summed E-state index contributed by atoms with van der Waals surface area (Å²) in [6.45, 7) is 3.45. The molecule has 2 atom stereocenters. The molecule has 4 aliphatic rings. The van der Waals surface area contributed by atoms with Crippen LogP contribution in [0.4, 0.5) is 23.2 Å². The highest BCUT2D eigenvalue weighted by Gasteiger charge is 2.29. The molecule has 4 aromatic rings. The maximum Gasteiger partial charge on any atom is 0.261 e. The Balaban J connectivity index is 0.000000177. The lowest BCUT2D eigenvalue weighted by molar-refractivity contribution is 0.0695. The van der Waals surface area contributed by atoms with Gasteiger partial charge in [0, 0.05) is 54.9 Å². The van der Waals surface area contributed by atoms with E-state index in [1.54, 1.807) is 29.6 Å². The number of ether oxygens (including phenoxy) is 2. The minimum Gasteiger partial charge on any atom is -0.493 e. The quantitative estimate of drug-likeness (QED) is 0.113. The number of hydrogen-bond acceptors (Lipinski definition) is 11. The standard InChI is InChI=1S/C22H29F2N3O3S.C18H21F2N3O2S/c1-27-7-6-13(18(24)10-27)11-30-15-8-17(23)21-19(9-15)25-20(26-22(21)29)12-31-16-4-2-14(28)3-5-16;19-16-13(21-8-10-1-2-10)7-12-15(17(16)20)18(24)23-14(22-12)9-26-11-3-5-25-6-4-11/h8-9,13-14,16,18,28H,2-7,10-12H2,1H3,(H,25,26,29);7,10-11,21H,1-6,8-9H2,(H,22,23,24)/t13-,14?,16?,18+;/m1./s1. The molecule has 0 amide bonds. The van der Waals surface area contributed by atoms with Gasteiger partial charge in [-0.25, -0.2) is 27.5 Å². The molecule has 2 saturated carbocycles. The highest BCUT2D eigenvalue weighted by atomic mass is 32.2. The normalized spacial score (nSPS) is 23.3. The van der Waals surface area contributed by atoms with E-state index >= 15 is 0 Å². The molecule has 0 spiro atoms. The van der Waals surface area contributed by atoms with Gasteiger partial charge in [-0.1, -0.05) is 0 Å². The first-order chi connectivity index (χ1) is 27.5. The van der Waals surface area contributed by atoms with Crippen molar-refractivity contribution >= 4 is 51.0 Å². The average molecular weight is 835 g/mol. The summed E-state index contributed by atoms with van der Waals surface area (Å²) >= 11 is 3.40. The number of thioether (sulfide) groups is 2. The van der Waals surface area contributed by atoms with E-state index in [1.807, 2.05) is 11.9 Å². The van der Waals surface area contributed by atoms with Gasteiger partial charge in [-0.3, -0.25) is 9.59 Å². The zero-order valence-electron chi connectivity index (χ0n) is 32.0. The number of piperidine rings is 1. The monoisotopic (exact) mass is 834 g/mol. The lowest BCUT2D eigenvalue weighted by Gasteiger charge is -2.32. The number of benzene rings is 2. The smallest absolute Gasteiger partial charge is 0.261 e. The number of halogens is 4. The van der Waals surface area contributed by atoms with Gasteiger partial charge in [-0.05, 0) is 83.4 Å². The van der Waals surface area contributed by atoms with Crippen LogP contribution >= 0.6 is 23.5 Å². The fourth-order valence-electron chi connectivity index (χ4n) is 7.40. The van der Waals surface area contributed by atoms with Crippen LogP contribution in [0.1, 0.15) is 69.4 Å². The van der Waals surface area contributed by atoms with Gasteiger partial charge in [0.1, 0.15) is 40.2 Å². The predicted molar refractivity (Wildman–Crippen MR) is 217 cm³/mol. The summed E-state index contributed by atoms with van der Waals surface area (Å²) in [6.07, 6.45) is 7.11. The number of nitrogens with zero attached hydrogens (tertiary/aromatic N) is 3. The maximum atomic E-state index is 14.6.